The van der Waals surface area contributed by atoms with E-state index in [1.54, 1.807) is 0 Å². The molecule has 0 saturated heterocycles. The van der Waals surface area contributed by atoms with Gasteiger partial charge in [0, 0.05) is 24.6 Å². The normalized spacial score (nSPS) is 43.0. The summed E-state index contributed by atoms with van der Waals surface area (Å²) in [5, 5.41) is 0. The van der Waals surface area contributed by atoms with Gasteiger partial charge in [0.15, 0.2) is 0 Å². The maximum Gasteiger partial charge on any atom is 0.253 e. The van der Waals surface area contributed by atoms with Crippen LogP contribution in [-0.4, -0.2) is 29.7 Å². The number of fused-ring (bicyclic) bond motifs is 5. The van der Waals surface area contributed by atoms with Gasteiger partial charge in [0.05, 0.1) is 0 Å². The zero-order valence-electron chi connectivity index (χ0n) is 20.5. The molecule has 4 fully saturated rings. The Hall–Kier alpha value is -1.64. The summed E-state index contributed by atoms with van der Waals surface area (Å²) in [4.78, 5) is 27.5. The van der Waals surface area contributed by atoms with Crippen molar-refractivity contribution in [2.45, 2.75) is 84.6 Å². The van der Waals surface area contributed by atoms with Crippen molar-refractivity contribution in [1.82, 2.24) is 4.90 Å². The molecule has 4 aliphatic rings. The first-order valence-electron chi connectivity index (χ1n) is 13.1. The van der Waals surface area contributed by atoms with E-state index in [9.17, 15) is 9.59 Å². The van der Waals surface area contributed by atoms with E-state index in [2.05, 4.69) is 13.8 Å². The minimum absolute atomic E-state index is 0.169. The van der Waals surface area contributed by atoms with E-state index in [4.69, 9.17) is 0 Å². The van der Waals surface area contributed by atoms with Gasteiger partial charge in [-0.3, -0.25) is 9.59 Å². The van der Waals surface area contributed by atoms with Crippen LogP contribution in [0.15, 0.2) is 30.3 Å². The Labute approximate surface area is 194 Å². The highest BCUT2D eigenvalue weighted by Crippen LogP contribution is 2.67. The Morgan fingerprint density at radius 1 is 0.875 bits per heavy atom. The van der Waals surface area contributed by atoms with Crippen LogP contribution in [0.3, 0.4) is 0 Å². The number of Topliss-reactive ketones (excluding diaryl/α,β-unsaturated/α-hetero) is 1. The highest BCUT2D eigenvalue weighted by atomic mass is 16.2. The van der Waals surface area contributed by atoms with Crippen LogP contribution >= 0.6 is 0 Å². The fourth-order valence-electron chi connectivity index (χ4n) is 9.21. The van der Waals surface area contributed by atoms with Crippen molar-refractivity contribution in [3.05, 3.63) is 35.9 Å². The topological polar surface area (TPSA) is 37.4 Å². The number of carbonyl (C=O) groups is 2. The number of rotatable bonds is 3. The van der Waals surface area contributed by atoms with E-state index in [-0.39, 0.29) is 11.3 Å². The largest absolute Gasteiger partial charge is 0.339 e. The third-order valence-electron chi connectivity index (χ3n) is 11.0. The second-order valence-electron chi connectivity index (χ2n) is 12.2. The zero-order valence-corrected chi connectivity index (χ0v) is 20.5. The van der Waals surface area contributed by atoms with Crippen molar-refractivity contribution in [3.63, 3.8) is 0 Å². The quantitative estimate of drug-likeness (QED) is 0.553. The van der Waals surface area contributed by atoms with Crippen LogP contribution in [0, 0.1) is 40.4 Å². The second-order valence-corrected chi connectivity index (χ2v) is 12.2. The number of ketones is 1. The molecule has 1 amide bonds. The van der Waals surface area contributed by atoms with Crippen LogP contribution in [0.4, 0.5) is 0 Å². The summed E-state index contributed by atoms with van der Waals surface area (Å²) >= 11 is 0. The molecule has 0 aliphatic heterocycles. The summed E-state index contributed by atoms with van der Waals surface area (Å²) in [6.45, 7) is 6.86. The average molecular weight is 436 g/mol. The summed E-state index contributed by atoms with van der Waals surface area (Å²) in [6.07, 6.45) is 11.1. The van der Waals surface area contributed by atoms with Crippen LogP contribution in [-0.2, 0) is 4.79 Å². The summed E-state index contributed by atoms with van der Waals surface area (Å²) in [5.41, 5.74) is 1.46. The third kappa shape index (κ3) is 3.29. The molecule has 0 heterocycles. The molecule has 1 aromatic carbocycles. The average Bonchev–Trinajstić information content (AvgIpc) is 3.15. The van der Waals surface area contributed by atoms with E-state index in [1.165, 1.54) is 38.5 Å². The highest BCUT2D eigenvalue weighted by molar-refractivity contribution is 5.94. The van der Waals surface area contributed by atoms with Crippen LogP contribution in [0.2, 0.25) is 0 Å². The second kappa shape index (κ2) is 7.99. The van der Waals surface area contributed by atoms with Gasteiger partial charge >= 0.3 is 0 Å². The number of hydrogen-bond donors (Lipinski definition) is 0. The predicted octanol–water partition coefficient (Wildman–Crippen LogP) is 6.38. The highest BCUT2D eigenvalue weighted by Gasteiger charge is 2.60. The van der Waals surface area contributed by atoms with Gasteiger partial charge in [-0.2, -0.15) is 0 Å². The van der Waals surface area contributed by atoms with E-state index in [0.29, 0.717) is 23.2 Å². The number of carbonyl (C=O) groups excluding carboxylic acids is 2. The van der Waals surface area contributed by atoms with Crippen LogP contribution < -0.4 is 0 Å². The van der Waals surface area contributed by atoms with Crippen LogP contribution in [0.5, 0.6) is 0 Å². The Morgan fingerprint density at radius 3 is 2.28 bits per heavy atom. The molecule has 0 aromatic heterocycles. The Morgan fingerprint density at radius 2 is 1.56 bits per heavy atom. The SMILES string of the molecule is CC(=O)[C@H]1CC[C@H]2[C@@H]3CC[C@H]4C[C@H](N(C)C(=O)c5ccccc5)CC[C@]4(C)[C@H]3CC[C@]12C. The standard InChI is InChI=1S/C29H41NO2/c1-19(31)24-12-13-25-23-11-10-21-18-22(30(4)27(32)20-8-6-5-7-9-20)14-16-28(21,2)26(23)15-17-29(24,25)3/h5-9,21-26H,10-18H2,1-4H3/t21-,22+,23-,24+,25-,26-,28-,29+/m0/s1. The summed E-state index contributed by atoms with van der Waals surface area (Å²) in [5.74, 6) is 3.98. The van der Waals surface area contributed by atoms with Crippen LogP contribution in [0.1, 0.15) is 88.9 Å². The molecule has 174 valence electrons. The van der Waals surface area contributed by atoms with Gasteiger partial charge in [-0.1, -0.05) is 32.0 Å². The van der Waals surface area contributed by atoms with Gasteiger partial charge in [0.2, 0.25) is 0 Å². The lowest BCUT2D eigenvalue weighted by Crippen LogP contribution is -2.55. The number of hydrogen-bond acceptors (Lipinski definition) is 2. The first kappa shape index (κ1) is 22.2. The fourth-order valence-corrected chi connectivity index (χ4v) is 9.21. The van der Waals surface area contributed by atoms with Gasteiger partial charge in [0.1, 0.15) is 5.78 Å². The number of benzene rings is 1. The molecular formula is C29H41NO2. The molecule has 1 aromatic rings. The summed E-state index contributed by atoms with van der Waals surface area (Å²) in [7, 11) is 2.01. The third-order valence-corrected chi connectivity index (χ3v) is 11.0. The van der Waals surface area contributed by atoms with Gasteiger partial charge in [-0.25, -0.2) is 0 Å². The van der Waals surface area contributed by atoms with E-state index in [1.807, 2.05) is 49.2 Å². The lowest BCUT2D eigenvalue weighted by molar-refractivity contribution is -0.135. The van der Waals surface area contributed by atoms with Gasteiger partial charge < -0.3 is 4.90 Å². The molecule has 3 nitrogen and oxygen atoms in total. The molecule has 0 unspecified atom stereocenters. The minimum atomic E-state index is 0.169. The van der Waals surface area contributed by atoms with Crippen molar-refractivity contribution >= 4 is 11.7 Å². The molecule has 8 atom stereocenters. The molecule has 0 spiro atoms. The molecule has 0 bridgehead atoms. The van der Waals surface area contributed by atoms with Crippen molar-refractivity contribution in [2.24, 2.45) is 40.4 Å². The van der Waals surface area contributed by atoms with Gasteiger partial charge in [-0.15, -0.1) is 0 Å². The molecule has 32 heavy (non-hydrogen) atoms. The maximum absolute atomic E-state index is 13.1. The van der Waals surface area contributed by atoms with Crippen molar-refractivity contribution in [1.29, 1.82) is 0 Å². The lowest BCUT2D eigenvalue weighted by Gasteiger charge is -2.61. The fraction of sp³-hybridized carbons (Fsp3) is 0.724. The number of amides is 1. The molecular weight excluding hydrogens is 394 g/mol. The predicted molar refractivity (Wildman–Crippen MR) is 128 cm³/mol. The Kier molecular flexibility index (Phi) is 5.54. The van der Waals surface area contributed by atoms with Gasteiger partial charge in [-0.05, 0) is 111 Å². The molecule has 0 radical (unpaired) electrons. The first-order valence-corrected chi connectivity index (χ1v) is 13.1. The Balaban J connectivity index is 1.31. The zero-order chi connectivity index (χ0) is 22.7. The lowest BCUT2D eigenvalue weighted by atomic mass is 9.44. The minimum Gasteiger partial charge on any atom is -0.339 e. The van der Waals surface area contributed by atoms with Crippen LogP contribution in [0.25, 0.3) is 0 Å². The van der Waals surface area contributed by atoms with E-state index < -0.39 is 0 Å². The van der Waals surface area contributed by atoms with Crippen molar-refractivity contribution < 1.29 is 9.59 Å². The smallest absolute Gasteiger partial charge is 0.253 e. The molecule has 5 rings (SSSR count). The van der Waals surface area contributed by atoms with Crippen molar-refractivity contribution in [2.75, 3.05) is 7.05 Å². The first-order chi connectivity index (χ1) is 15.3. The maximum atomic E-state index is 13.1. The Bertz CT molecular complexity index is 880. The van der Waals surface area contributed by atoms with Crippen molar-refractivity contribution in [3.8, 4) is 0 Å². The molecule has 4 saturated carbocycles. The summed E-state index contributed by atoms with van der Waals surface area (Å²) in [6, 6.07) is 10.1. The van der Waals surface area contributed by atoms with E-state index >= 15 is 0 Å². The molecule has 4 aliphatic carbocycles. The van der Waals surface area contributed by atoms with E-state index in [0.717, 1.165) is 48.5 Å². The molecule has 3 heteroatoms. The monoisotopic (exact) mass is 435 g/mol. The summed E-state index contributed by atoms with van der Waals surface area (Å²) < 4.78 is 0. The van der Waals surface area contributed by atoms with Gasteiger partial charge in [0.25, 0.3) is 5.91 Å². The molecule has 0 N–H and O–H groups in total. The number of nitrogens with zero attached hydrogens (tertiary/aromatic N) is 1.